The Kier molecular flexibility index (Phi) is 4.15. The zero-order valence-electron chi connectivity index (χ0n) is 13.7. The van der Waals surface area contributed by atoms with Crippen LogP contribution >= 0.6 is 0 Å². The van der Waals surface area contributed by atoms with Crippen molar-refractivity contribution in [1.82, 2.24) is 4.90 Å². The fourth-order valence-electron chi connectivity index (χ4n) is 3.43. The minimum Gasteiger partial charge on any atom is -0.491 e. The summed E-state index contributed by atoms with van der Waals surface area (Å²) in [5.74, 6) is 0.556. The Labute approximate surface area is 136 Å². The predicted molar refractivity (Wildman–Crippen MR) is 85.4 cm³/mol. The average molecular weight is 317 g/mol. The molecule has 1 N–H and O–H groups in total. The maximum atomic E-state index is 12.9. The first-order valence-electron chi connectivity index (χ1n) is 8.18. The third-order valence-electron chi connectivity index (χ3n) is 5.22. The second kappa shape index (κ2) is 5.96. The van der Waals surface area contributed by atoms with Gasteiger partial charge in [0.1, 0.15) is 19.0 Å². The second-order valence-electron chi connectivity index (χ2n) is 6.77. The fraction of sp³-hybridized carbons (Fsp3) is 0.556. The van der Waals surface area contributed by atoms with Crippen molar-refractivity contribution in [1.29, 1.82) is 0 Å². The number of ether oxygens (including phenoxy) is 1. The van der Waals surface area contributed by atoms with Crippen LogP contribution in [0.25, 0.3) is 0 Å². The van der Waals surface area contributed by atoms with E-state index < -0.39 is 6.61 Å². The van der Waals surface area contributed by atoms with Crippen LogP contribution in [-0.4, -0.2) is 41.5 Å². The van der Waals surface area contributed by atoms with E-state index in [0.717, 1.165) is 24.8 Å². The van der Waals surface area contributed by atoms with Gasteiger partial charge in [-0.2, -0.15) is 0 Å². The molecule has 3 rings (SSSR count). The first-order valence-corrected chi connectivity index (χ1v) is 8.18. The van der Waals surface area contributed by atoms with E-state index in [1.807, 2.05) is 18.7 Å². The molecule has 1 amide bonds. The number of carbonyl (C=O) groups excluding carboxylic acids is 2. The summed E-state index contributed by atoms with van der Waals surface area (Å²) in [5, 5.41) is 9.05. The van der Waals surface area contributed by atoms with Crippen molar-refractivity contribution in [2.75, 3.05) is 19.8 Å². The lowest BCUT2D eigenvalue weighted by Gasteiger charge is -2.42. The van der Waals surface area contributed by atoms with Gasteiger partial charge >= 0.3 is 0 Å². The molecule has 5 heteroatoms. The van der Waals surface area contributed by atoms with Gasteiger partial charge in [-0.1, -0.05) is 13.3 Å². The standard InChI is InChI=1S/C18H23NO4/c1-12-14-10-13(15(21)11-20)4-5-16(14)23-9-8-19(12)17(22)18(2)6-3-7-18/h4-5,10,12,20H,3,6-9,11H2,1-2H3. The summed E-state index contributed by atoms with van der Waals surface area (Å²) in [4.78, 5) is 26.5. The summed E-state index contributed by atoms with van der Waals surface area (Å²) in [6.45, 7) is 4.49. The van der Waals surface area contributed by atoms with Crippen LogP contribution in [0.3, 0.4) is 0 Å². The van der Waals surface area contributed by atoms with E-state index in [-0.39, 0.29) is 23.1 Å². The molecule has 0 radical (unpaired) electrons. The van der Waals surface area contributed by atoms with Crippen LogP contribution in [0.15, 0.2) is 18.2 Å². The average Bonchev–Trinajstić information content (AvgIpc) is 2.70. The number of fused-ring (bicyclic) bond motifs is 1. The van der Waals surface area contributed by atoms with Crippen LogP contribution in [0.1, 0.15) is 55.1 Å². The first kappa shape index (κ1) is 16.0. The van der Waals surface area contributed by atoms with E-state index in [4.69, 9.17) is 9.84 Å². The number of carbonyl (C=O) groups is 2. The van der Waals surface area contributed by atoms with E-state index in [1.54, 1.807) is 18.2 Å². The van der Waals surface area contributed by atoms with Gasteiger partial charge in [0, 0.05) is 16.5 Å². The van der Waals surface area contributed by atoms with Crippen LogP contribution in [0, 0.1) is 5.41 Å². The highest BCUT2D eigenvalue weighted by Gasteiger charge is 2.43. The van der Waals surface area contributed by atoms with Gasteiger partial charge in [-0.15, -0.1) is 0 Å². The van der Waals surface area contributed by atoms with Crippen LogP contribution in [0.2, 0.25) is 0 Å². The first-order chi connectivity index (χ1) is 11.0. The Morgan fingerprint density at radius 2 is 2.13 bits per heavy atom. The molecule has 23 heavy (non-hydrogen) atoms. The Morgan fingerprint density at radius 3 is 2.74 bits per heavy atom. The van der Waals surface area contributed by atoms with E-state index in [9.17, 15) is 9.59 Å². The van der Waals surface area contributed by atoms with Crippen LogP contribution in [0.4, 0.5) is 0 Å². The monoisotopic (exact) mass is 317 g/mol. The highest BCUT2D eigenvalue weighted by molar-refractivity contribution is 5.97. The highest BCUT2D eigenvalue weighted by atomic mass is 16.5. The van der Waals surface area contributed by atoms with Gasteiger partial charge in [0.05, 0.1) is 12.6 Å². The van der Waals surface area contributed by atoms with Gasteiger partial charge < -0.3 is 14.7 Å². The quantitative estimate of drug-likeness (QED) is 0.869. The second-order valence-corrected chi connectivity index (χ2v) is 6.77. The molecule has 1 aliphatic carbocycles. The molecule has 1 aromatic rings. The molecule has 0 bridgehead atoms. The lowest BCUT2D eigenvalue weighted by molar-refractivity contribution is -0.148. The highest BCUT2D eigenvalue weighted by Crippen LogP contribution is 2.44. The lowest BCUT2D eigenvalue weighted by Crippen LogP contribution is -2.47. The summed E-state index contributed by atoms with van der Waals surface area (Å²) >= 11 is 0. The molecule has 1 heterocycles. The number of aliphatic hydroxyl groups excluding tert-OH is 1. The predicted octanol–water partition coefficient (Wildman–Crippen LogP) is 2.33. The largest absolute Gasteiger partial charge is 0.491 e. The van der Waals surface area contributed by atoms with Gasteiger partial charge in [0.25, 0.3) is 0 Å². The van der Waals surface area contributed by atoms with E-state index in [0.29, 0.717) is 24.5 Å². The van der Waals surface area contributed by atoms with Crippen LogP contribution in [0.5, 0.6) is 5.75 Å². The van der Waals surface area contributed by atoms with Gasteiger partial charge in [0.2, 0.25) is 5.91 Å². The maximum absolute atomic E-state index is 12.9. The number of hydrogen-bond donors (Lipinski definition) is 1. The number of rotatable bonds is 3. The summed E-state index contributed by atoms with van der Waals surface area (Å²) in [7, 11) is 0. The molecular weight excluding hydrogens is 294 g/mol. The van der Waals surface area contributed by atoms with E-state index >= 15 is 0 Å². The summed E-state index contributed by atoms with van der Waals surface area (Å²) in [5.41, 5.74) is 1.03. The molecule has 0 aromatic heterocycles. The molecule has 1 unspecified atom stereocenters. The molecule has 1 aliphatic heterocycles. The number of hydrogen-bond acceptors (Lipinski definition) is 4. The van der Waals surface area contributed by atoms with Crippen molar-refractivity contribution in [2.45, 2.75) is 39.2 Å². The van der Waals surface area contributed by atoms with Gasteiger partial charge in [-0.3, -0.25) is 9.59 Å². The van der Waals surface area contributed by atoms with Crippen LogP contribution in [-0.2, 0) is 4.79 Å². The lowest BCUT2D eigenvalue weighted by atomic mass is 9.69. The van der Waals surface area contributed by atoms with Crippen LogP contribution < -0.4 is 4.74 Å². The minimum absolute atomic E-state index is 0.149. The smallest absolute Gasteiger partial charge is 0.229 e. The molecule has 124 valence electrons. The zero-order chi connectivity index (χ0) is 16.6. The van der Waals surface area contributed by atoms with E-state index in [2.05, 4.69) is 0 Å². The molecule has 1 aromatic carbocycles. The molecule has 0 spiro atoms. The van der Waals surface area contributed by atoms with Crippen molar-refractivity contribution in [2.24, 2.45) is 5.41 Å². The normalized spacial score (nSPS) is 22.4. The Hall–Kier alpha value is -1.88. The molecule has 1 atom stereocenters. The number of aliphatic hydroxyl groups is 1. The van der Waals surface area contributed by atoms with Gasteiger partial charge in [-0.25, -0.2) is 0 Å². The summed E-state index contributed by atoms with van der Waals surface area (Å²) < 4.78 is 5.76. The number of nitrogens with zero attached hydrogens (tertiary/aromatic N) is 1. The van der Waals surface area contributed by atoms with Gasteiger partial charge in [0.15, 0.2) is 5.78 Å². The van der Waals surface area contributed by atoms with Crippen molar-refractivity contribution in [3.05, 3.63) is 29.3 Å². The van der Waals surface area contributed by atoms with E-state index in [1.165, 1.54) is 0 Å². The molecule has 2 aliphatic rings. The SMILES string of the molecule is CC1c2cc(C(=O)CO)ccc2OCCN1C(=O)C1(C)CCC1. The molecule has 1 fully saturated rings. The van der Waals surface area contributed by atoms with Crippen molar-refractivity contribution < 1.29 is 19.4 Å². The number of Topliss-reactive ketones (excluding diaryl/α,β-unsaturated/α-hetero) is 1. The number of ketones is 1. The maximum Gasteiger partial charge on any atom is 0.229 e. The van der Waals surface area contributed by atoms with Crippen molar-refractivity contribution in [3.63, 3.8) is 0 Å². The molecule has 0 saturated heterocycles. The minimum atomic E-state index is -0.519. The number of benzene rings is 1. The Balaban J connectivity index is 1.93. The fourth-order valence-corrected chi connectivity index (χ4v) is 3.43. The molecule has 1 saturated carbocycles. The van der Waals surface area contributed by atoms with Gasteiger partial charge in [-0.05, 0) is 38.0 Å². The van der Waals surface area contributed by atoms with Crippen molar-refractivity contribution >= 4 is 11.7 Å². The molecule has 5 nitrogen and oxygen atoms in total. The zero-order valence-corrected chi connectivity index (χ0v) is 13.7. The Morgan fingerprint density at radius 1 is 1.39 bits per heavy atom. The molecular formula is C18H23NO4. The topological polar surface area (TPSA) is 66.8 Å². The number of amides is 1. The Bertz CT molecular complexity index is 636. The van der Waals surface area contributed by atoms with Crippen molar-refractivity contribution in [3.8, 4) is 5.75 Å². The summed E-state index contributed by atoms with van der Waals surface area (Å²) in [6, 6.07) is 5.01. The third-order valence-corrected chi connectivity index (χ3v) is 5.22. The summed E-state index contributed by atoms with van der Waals surface area (Å²) in [6.07, 6.45) is 2.98. The third kappa shape index (κ3) is 2.74.